The number of fused-ring (bicyclic) bond motifs is 1. The highest BCUT2D eigenvalue weighted by Crippen LogP contribution is 2.46. The lowest BCUT2D eigenvalue weighted by atomic mass is 9.96. The van der Waals surface area contributed by atoms with Crippen LogP contribution in [0.5, 0.6) is 0 Å². The molecule has 8 nitrogen and oxygen atoms in total. The summed E-state index contributed by atoms with van der Waals surface area (Å²) in [5.41, 5.74) is 5.29. The maximum atomic E-state index is 13.4. The van der Waals surface area contributed by atoms with Crippen molar-refractivity contribution >= 4 is 28.6 Å². The monoisotopic (exact) mass is 497 g/mol. The molecule has 0 bridgehead atoms. The van der Waals surface area contributed by atoms with Crippen molar-refractivity contribution in [1.82, 2.24) is 19.6 Å². The van der Waals surface area contributed by atoms with Gasteiger partial charge in [-0.3, -0.25) is 24.2 Å². The van der Waals surface area contributed by atoms with Gasteiger partial charge in [0.25, 0.3) is 5.91 Å². The van der Waals surface area contributed by atoms with E-state index >= 15 is 0 Å². The summed E-state index contributed by atoms with van der Waals surface area (Å²) in [5, 5.41) is 15.1. The van der Waals surface area contributed by atoms with E-state index in [1.807, 2.05) is 22.9 Å². The van der Waals surface area contributed by atoms with Crippen LogP contribution in [0.2, 0.25) is 0 Å². The van der Waals surface area contributed by atoms with Gasteiger partial charge in [0.1, 0.15) is 11.4 Å². The van der Waals surface area contributed by atoms with Crippen molar-refractivity contribution in [1.29, 1.82) is 0 Å². The predicted molar refractivity (Wildman–Crippen MR) is 140 cm³/mol. The molecule has 190 valence electrons. The Kier molecular flexibility index (Phi) is 4.89. The van der Waals surface area contributed by atoms with E-state index in [9.17, 15) is 14.7 Å². The number of aromatic nitrogens is 2. The number of benzene rings is 2. The zero-order valence-electron chi connectivity index (χ0n) is 21.3. The Hall–Kier alpha value is -3.52. The van der Waals surface area contributed by atoms with Gasteiger partial charge in [0.2, 0.25) is 5.91 Å². The topological polar surface area (TPSA) is 91.0 Å². The maximum absolute atomic E-state index is 13.4. The number of aryl methyl sites for hydroxylation is 2. The van der Waals surface area contributed by atoms with Crippen LogP contribution in [0.3, 0.4) is 0 Å². The first-order valence-electron chi connectivity index (χ1n) is 13.3. The standard InChI is InChI=1S/C29H31N5O3/c1-17-11-20(21-6-8-25-23(12-21)24(16-35)31-32(25)2)5-7-22(17)26-30-29(9-10-29)28(37)34(26)15-18-13-33(14-18)27(36)19-3-4-19/h5-8,11-12,18-19,35H,3-4,9-10,13-16H2,1-2H3. The van der Waals surface area contributed by atoms with Crippen molar-refractivity contribution in [2.45, 2.75) is 44.8 Å². The van der Waals surface area contributed by atoms with Crippen LogP contribution in [-0.2, 0) is 23.2 Å². The lowest BCUT2D eigenvalue weighted by Crippen LogP contribution is -2.55. The van der Waals surface area contributed by atoms with Crippen LogP contribution < -0.4 is 0 Å². The fraction of sp³-hybridized carbons (Fsp3) is 0.448. The highest BCUT2D eigenvalue weighted by Gasteiger charge is 2.58. The van der Waals surface area contributed by atoms with E-state index in [0.29, 0.717) is 24.1 Å². The first-order chi connectivity index (χ1) is 17.9. The second kappa shape index (κ2) is 7.99. The minimum Gasteiger partial charge on any atom is -0.390 e. The number of hydrogen-bond donors (Lipinski definition) is 1. The fourth-order valence-corrected chi connectivity index (χ4v) is 5.92. The molecule has 2 aromatic carbocycles. The summed E-state index contributed by atoms with van der Waals surface area (Å²) in [6.07, 6.45) is 3.69. The molecular formula is C29H31N5O3. The summed E-state index contributed by atoms with van der Waals surface area (Å²) in [6, 6.07) is 12.5. The number of amides is 2. The summed E-state index contributed by atoms with van der Waals surface area (Å²) < 4.78 is 1.79. The lowest BCUT2D eigenvalue weighted by Gasteiger charge is -2.41. The molecule has 3 fully saturated rings. The van der Waals surface area contributed by atoms with E-state index in [2.05, 4.69) is 42.4 Å². The van der Waals surface area contributed by atoms with E-state index in [0.717, 1.165) is 77.8 Å². The van der Waals surface area contributed by atoms with Crippen LogP contribution in [0.15, 0.2) is 41.4 Å². The third-order valence-corrected chi connectivity index (χ3v) is 8.46. The molecule has 1 aromatic heterocycles. The summed E-state index contributed by atoms with van der Waals surface area (Å²) in [7, 11) is 1.88. The number of aliphatic hydroxyl groups is 1. The Balaban J connectivity index is 1.15. The van der Waals surface area contributed by atoms with Crippen LogP contribution in [0.25, 0.3) is 22.0 Å². The van der Waals surface area contributed by atoms with Crippen molar-refractivity contribution in [2.24, 2.45) is 23.9 Å². The molecule has 37 heavy (non-hydrogen) atoms. The molecule has 8 heteroatoms. The van der Waals surface area contributed by atoms with Crippen LogP contribution in [-0.4, -0.2) is 67.5 Å². The summed E-state index contributed by atoms with van der Waals surface area (Å²) in [6.45, 7) is 4.07. The number of nitrogens with zero attached hydrogens (tertiary/aromatic N) is 5. The van der Waals surface area contributed by atoms with Gasteiger partial charge in [-0.05, 0) is 61.4 Å². The van der Waals surface area contributed by atoms with E-state index in [1.54, 1.807) is 4.68 Å². The Bertz CT molecular complexity index is 1490. The number of carbonyl (C=O) groups excluding carboxylic acids is 2. The Morgan fingerprint density at radius 1 is 1.11 bits per heavy atom. The van der Waals surface area contributed by atoms with Gasteiger partial charge in [-0.1, -0.05) is 24.3 Å². The average molecular weight is 498 g/mol. The van der Waals surface area contributed by atoms with Gasteiger partial charge < -0.3 is 10.0 Å². The first kappa shape index (κ1) is 22.7. The van der Waals surface area contributed by atoms with E-state index in [1.165, 1.54) is 0 Å². The molecule has 4 aliphatic rings. The number of rotatable bonds is 6. The zero-order valence-corrected chi connectivity index (χ0v) is 21.3. The smallest absolute Gasteiger partial charge is 0.256 e. The SMILES string of the molecule is Cc1cc(-c2ccc3c(c2)c(CO)nn3C)ccc1C1=NC2(CC2)C(=O)N1CC1CN(C(=O)C2CC2)C1. The minimum absolute atomic E-state index is 0.0995. The number of aliphatic imine (C=N–C) groups is 1. The predicted octanol–water partition coefficient (Wildman–Crippen LogP) is 3.03. The van der Waals surface area contributed by atoms with Gasteiger partial charge in [0.15, 0.2) is 0 Å². The summed E-state index contributed by atoms with van der Waals surface area (Å²) in [4.78, 5) is 34.5. The van der Waals surface area contributed by atoms with Crippen molar-refractivity contribution in [3.05, 3.63) is 53.2 Å². The van der Waals surface area contributed by atoms with Gasteiger partial charge in [-0.25, -0.2) is 0 Å². The van der Waals surface area contributed by atoms with E-state index in [4.69, 9.17) is 4.99 Å². The zero-order chi connectivity index (χ0) is 25.5. The largest absolute Gasteiger partial charge is 0.390 e. The molecule has 2 amide bonds. The Morgan fingerprint density at radius 3 is 2.51 bits per heavy atom. The molecule has 1 N–H and O–H groups in total. The quantitative estimate of drug-likeness (QED) is 0.567. The fourth-order valence-electron chi connectivity index (χ4n) is 5.92. The lowest BCUT2D eigenvalue weighted by molar-refractivity contribution is -0.139. The number of aliphatic hydroxyl groups excluding tert-OH is 1. The molecule has 7 rings (SSSR count). The number of hydrogen-bond acceptors (Lipinski definition) is 5. The number of carbonyl (C=O) groups is 2. The van der Waals surface area contributed by atoms with Gasteiger partial charge >= 0.3 is 0 Å². The minimum atomic E-state index is -0.556. The van der Waals surface area contributed by atoms with Crippen LogP contribution in [0, 0.1) is 18.8 Å². The summed E-state index contributed by atoms with van der Waals surface area (Å²) in [5.74, 6) is 1.74. The van der Waals surface area contributed by atoms with Crippen molar-refractivity contribution in [3.63, 3.8) is 0 Å². The van der Waals surface area contributed by atoms with Gasteiger partial charge in [-0.2, -0.15) is 5.10 Å². The van der Waals surface area contributed by atoms with E-state index < -0.39 is 5.54 Å². The molecule has 0 radical (unpaired) electrons. The van der Waals surface area contributed by atoms with Crippen molar-refractivity contribution in [3.8, 4) is 11.1 Å². The molecule has 2 aliphatic heterocycles. The van der Waals surface area contributed by atoms with Crippen LogP contribution in [0.4, 0.5) is 0 Å². The Morgan fingerprint density at radius 2 is 1.84 bits per heavy atom. The number of likely N-dealkylation sites (tertiary alicyclic amines) is 1. The average Bonchev–Trinajstić information content (AvgIpc) is 3.79. The molecule has 2 aliphatic carbocycles. The normalized spacial score (nSPS) is 20.6. The van der Waals surface area contributed by atoms with Gasteiger partial charge in [0, 0.05) is 49.5 Å². The third-order valence-electron chi connectivity index (χ3n) is 8.46. The number of amidine groups is 1. The maximum Gasteiger partial charge on any atom is 0.256 e. The molecule has 1 saturated heterocycles. The molecule has 3 heterocycles. The highest BCUT2D eigenvalue weighted by atomic mass is 16.3. The van der Waals surface area contributed by atoms with Gasteiger partial charge in [-0.15, -0.1) is 0 Å². The highest BCUT2D eigenvalue weighted by molar-refractivity contribution is 6.17. The van der Waals surface area contributed by atoms with Crippen LogP contribution >= 0.6 is 0 Å². The van der Waals surface area contributed by atoms with Gasteiger partial charge in [0.05, 0.1) is 17.8 Å². The van der Waals surface area contributed by atoms with Crippen LogP contribution in [0.1, 0.15) is 42.5 Å². The second-order valence-corrected chi connectivity index (χ2v) is 11.3. The molecule has 0 atom stereocenters. The molecule has 1 spiro atoms. The molecule has 2 saturated carbocycles. The van der Waals surface area contributed by atoms with Crippen molar-refractivity contribution < 1.29 is 14.7 Å². The Labute approximate surface area is 215 Å². The van der Waals surface area contributed by atoms with E-state index in [-0.39, 0.29) is 18.4 Å². The molecule has 0 unspecified atom stereocenters. The second-order valence-electron chi connectivity index (χ2n) is 11.3. The molecular weight excluding hydrogens is 466 g/mol. The van der Waals surface area contributed by atoms with Crippen molar-refractivity contribution in [2.75, 3.05) is 19.6 Å². The summed E-state index contributed by atoms with van der Waals surface area (Å²) >= 11 is 0. The first-order valence-corrected chi connectivity index (χ1v) is 13.3. The third kappa shape index (κ3) is 3.61. The molecule has 3 aromatic rings.